The highest BCUT2D eigenvalue weighted by molar-refractivity contribution is 5.88. The van der Waals surface area contributed by atoms with Crippen molar-refractivity contribution in [2.24, 2.45) is 0 Å². The van der Waals surface area contributed by atoms with Gasteiger partial charge in [0, 0.05) is 6.20 Å². The van der Waals surface area contributed by atoms with E-state index in [2.05, 4.69) is 9.72 Å². The van der Waals surface area contributed by atoms with E-state index in [1.807, 2.05) is 13.0 Å². The molecular weight excluding hydrogens is 261 g/mol. The third-order valence-corrected chi connectivity index (χ3v) is 2.56. The lowest BCUT2D eigenvalue weighted by atomic mass is 10.3. The van der Waals surface area contributed by atoms with Crippen LogP contribution in [0.25, 0.3) is 5.65 Å². The zero-order valence-corrected chi connectivity index (χ0v) is 10.1. The van der Waals surface area contributed by atoms with E-state index in [9.17, 15) is 18.0 Å². The summed E-state index contributed by atoms with van der Waals surface area (Å²) >= 11 is 0. The number of esters is 1. The van der Waals surface area contributed by atoms with Crippen LogP contribution in [0.15, 0.2) is 24.5 Å². The fraction of sp³-hybridized carbons (Fsp3) is 0.333. The Labute approximate surface area is 106 Å². The summed E-state index contributed by atoms with van der Waals surface area (Å²) in [5.41, 5.74) is 1.54. The van der Waals surface area contributed by atoms with Gasteiger partial charge >= 0.3 is 12.1 Å². The topological polar surface area (TPSA) is 43.6 Å². The number of aromatic nitrogens is 2. The number of nitrogens with zero attached hydrogens (tertiary/aromatic N) is 2. The van der Waals surface area contributed by atoms with Gasteiger partial charge in [-0.3, -0.25) is 4.40 Å². The molecule has 0 aliphatic heterocycles. The first-order valence-corrected chi connectivity index (χ1v) is 5.55. The molecule has 2 rings (SSSR count). The van der Waals surface area contributed by atoms with Crippen LogP contribution < -0.4 is 0 Å². The Kier molecular flexibility index (Phi) is 3.46. The van der Waals surface area contributed by atoms with Gasteiger partial charge in [0.25, 0.3) is 0 Å². The number of hydrogen-bond donors (Lipinski definition) is 0. The van der Waals surface area contributed by atoms with Crippen molar-refractivity contribution in [3.05, 3.63) is 35.8 Å². The van der Waals surface area contributed by atoms with E-state index >= 15 is 0 Å². The number of rotatable bonds is 3. The Morgan fingerprint density at radius 2 is 2.21 bits per heavy atom. The molecule has 0 N–H and O–H groups in total. The SMILES string of the molecule is Cc1cccn2c(C(=O)OCCC(F)(F)F)cnc12. The third kappa shape index (κ3) is 3.04. The van der Waals surface area contributed by atoms with Gasteiger partial charge in [-0.05, 0) is 18.6 Å². The first-order chi connectivity index (χ1) is 8.88. The van der Waals surface area contributed by atoms with Crippen molar-refractivity contribution in [1.82, 2.24) is 9.38 Å². The van der Waals surface area contributed by atoms with Crippen molar-refractivity contribution in [2.45, 2.75) is 19.5 Å². The maximum atomic E-state index is 11.9. The predicted octanol–water partition coefficient (Wildman–Crippen LogP) is 2.75. The number of aryl methyl sites for hydroxylation is 1. The number of imidazole rings is 1. The van der Waals surface area contributed by atoms with Gasteiger partial charge in [-0.15, -0.1) is 0 Å². The van der Waals surface area contributed by atoms with Gasteiger partial charge in [0.05, 0.1) is 12.6 Å². The Balaban J connectivity index is 2.12. The van der Waals surface area contributed by atoms with Crippen LogP contribution in [0.2, 0.25) is 0 Å². The molecule has 0 bridgehead atoms. The summed E-state index contributed by atoms with van der Waals surface area (Å²) in [7, 11) is 0. The van der Waals surface area contributed by atoms with Crippen molar-refractivity contribution in [3.63, 3.8) is 0 Å². The van der Waals surface area contributed by atoms with Crippen LogP contribution >= 0.6 is 0 Å². The predicted molar refractivity (Wildman–Crippen MR) is 60.9 cm³/mol. The van der Waals surface area contributed by atoms with Gasteiger partial charge in [-0.2, -0.15) is 13.2 Å². The fourth-order valence-corrected chi connectivity index (χ4v) is 1.64. The van der Waals surface area contributed by atoms with E-state index < -0.39 is 25.2 Å². The number of carbonyl (C=O) groups is 1. The minimum atomic E-state index is -4.34. The van der Waals surface area contributed by atoms with E-state index in [1.54, 1.807) is 12.3 Å². The van der Waals surface area contributed by atoms with E-state index in [0.29, 0.717) is 5.65 Å². The monoisotopic (exact) mass is 272 g/mol. The zero-order valence-electron chi connectivity index (χ0n) is 10.1. The summed E-state index contributed by atoms with van der Waals surface area (Å²) in [6.45, 7) is 1.13. The molecule has 0 atom stereocenters. The van der Waals surface area contributed by atoms with Crippen molar-refractivity contribution >= 4 is 11.6 Å². The van der Waals surface area contributed by atoms with Crippen LogP contribution in [-0.4, -0.2) is 28.1 Å². The zero-order chi connectivity index (χ0) is 14.0. The number of carbonyl (C=O) groups excluding carboxylic acids is 1. The molecule has 2 aromatic heterocycles. The van der Waals surface area contributed by atoms with Crippen molar-refractivity contribution in [1.29, 1.82) is 0 Å². The van der Waals surface area contributed by atoms with E-state index in [0.717, 1.165) is 5.56 Å². The Morgan fingerprint density at radius 1 is 1.47 bits per heavy atom. The molecule has 2 aromatic rings. The van der Waals surface area contributed by atoms with Gasteiger partial charge in [0.1, 0.15) is 12.3 Å². The molecule has 102 valence electrons. The van der Waals surface area contributed by atoms with Gasteiger partial charge < -0.3 is 4.74 Å². The minimum absolute atomic E-state index is 0.112. The second kappa shape index (κ2) is 4.91. The van der Waals surface area contributed by atoms with Gasteiger partial charge in [0.2, 0.25) is 0 Å². The molecule has 19 heavy (non-hydrogen) atoms. The summed E-state index contributed by atoms with van der Waals surface area (Å²) in [6.07, 6.45) is -2.60. The molecule has 0 spiro atoms. The second-order valence-electron chi connectivity index (χ2n) is 4.03. The molecule has 0 amide bonds. The van der Waals surface area contributed by atoms with E-state index in [4.69, 9.17) is 0 Å². The molecule has 0 saturated carbocycles. The Hall–Kier alpha value is -2.05. The summed E-state index contributed by atoms with van der Waals surface area (Å²) < 4.78 is 41.9. The molecule has 4 nitrogen and oxygen atoms in total. The standard InChI is InChI=1S/C12H11F3N2O2/c1-8-3-2-5-17-9(7-16-10(8)17)11(18)19-6-4-12(13,14)15/h2-3,5,7H,4,6H2,1H3. The highest BCUT2D eigenvalue weighted by Gasteiger charge is 2.27. The van der Waals surface area contributed by atoms with Crippen molar-refractivity contribution in [2.75, 3.05) is 6.61 Å². The summed E-state index contributed by atoms with van der Waals surface area (Å²) in [5.74, 6) is -0.817. The molecule has 2 heterocycles. The normalized spacial score (nSPS) is 11.8. The van der Waals surface area contributed by atoms with Crippen LogP contribution in [-0.2, 0) is 4.74 Å². The average Bonchev–Trinajstić information content (AvgIpc) is 2.72. The first kappa shape index (κ1) is 13.4. The lowest BCUT2D eigenvalue weighted by Gasteiger charge is -2.07. The minimum Gasteiger partial charge on any atom is -0.461 e. The molecule has 0 aliphatic rings. The smallest absolute Gasteiger partial charge is 0.392 e. The summed E-state index contributed by atoms with van der Waals surface area (Å²) in [5, 5.41) is 0. The van der Waals surface area contributed by atoms with Crippen LogP contribution in [0.4, 0.5) is 13.2 Å². The van der Waals surface area contributed by atoms with E-state index in [-0.39, 0.29) is 5.69 Å². The number of pyridine rings is 1. The van der Waals surface area contributed by atoms with Crippen molar-refractivity contribution < 1.29 is 22.7 Å². The summed E-state index contributed by atoms with van der Waals surface area (Å²) in [4.78, 5) is 15.7. The lowest BCUT2D eigenvalue weighted by molar-refractivity contribution is -0.141. The quantitative estimate of drug-likeness (QED) is 0.807. The molecule has 7 heteroatoms. The largest absolute Gasteiger partial charge is 0.461 e. The molecule has 0 radical (unpaired) electrons. The number of fused-ring (bicyclic) bond motifs is 1. The number of halogens is 3. The highest BCUT2D eigenvalue weighted by Crippen LogP contribution is 2.19. The third-order valence-electron chi connectivity index (χ3n) is 2.56. The maximum absolute atomic E-state index is 11.9. The lowest BCUT2D eigenvalue weighted by Crippen LogP contribution is -2.15. The average molecular weight is 272 g/mol. The molecule has 0 fully saturated rings. The van der Waals surface area contributed by atoms with Crippen LogP contribution in [0, 0.1) is 6.92 Å². The second-order valence-corrected chi connectivity index (χ2v) is 4.03. The number of hydrogen-bond acceptors (Lipinski definition) is 3. The molecule has 0 unspecified atom stereocenters. The molecule has 0 aromatic carbocycles. The number of alkyl halides is 3. The molecule has 0 saturated heterocycles. The van der Waals surface area contributed by atoms with Gasteiger partial charge in [0.15, 0.2) is 5.69 Å². The summed E-state index contributed by atoms with van der Waals surface area (Å²) in [6, 6.07) is 3.54. The highest BCUT2D eigenvalue weighted by atomic mass is 19.4. The fourth-order valence-electron chi connectivity index (χ4n) is 1.64. The van der Waals surface area contributed by atoms with Crippen molar-refractivity contribution in [3.8, 4) is 0 Å². The maximum Gasteiger partial charge on any atom is 0.392 e. The molecular formula is C12H11F3N2O2. The van der Waals surface area contributed by atoms with Crippen LogP contribution in [0.5, 0.6) is 0 Å². The first-order valence-electron chi connectivity index (χ1n) is 5.55. The van der Waals surface area contributed by atoms with E-state index in [1.165, 1.54) is 10.6 Å². The van der Waals surface area contributed by atoms with Gasteiger partial charge in [-0.25, -0.2) is 9.78 Å². The van der Waals surface area contributed by atoms with Crippen LogP contribution in [0.3, 0.4) is 0 Å². The number of ether oxygens (including phenoxy) is 1. The van der Waals surface area contributed by atoms with Crippen LogP contribution in [0.1, 0.15) is 22.5 Å². The Morgan fingerprint density at radius 3 is 2.89 bits per heavy atom. The molecule has 0 aliphatic carbocycles. The Bertz CT molecular complexity index is 605. The van der Waals surface area contributed by atoms with Gasteiger partial charge in [-0.1, -0.05) is 6.07 Å².